The van der Waals surface area contributed by atoms with E-state index >= 15 is 0 Å². The Bertz CT molecular complexity index is 640. The SMILES string of the molecule is CCCCOc1cc(C)c(C=C2C(=O)OC(C)(C)OC2=O)c(C)c1. The first kappa shape index (κ1) is 18.0. The molecule has 0 bridgehead atoms. The van der Waals surface area contributed by atoms with E-state index in [1.165, 1.54) is 19.9 Å². The average molecular weight is 332 g/mol. The minimum absolute atomic E-state index is 0.0971. The van der Waals surface area contributed by atoms with Gasteiger partial charge in [-0.1, -0.05) is 13.3 Å². The number of cyclic esters (lactones) is 2. The zero-order valence-electron chi connectivity index (χ0n) is 14.9. The molecule has 1 aromatic carbocycles. The summed E-state index contributed by atoms with van der Waals surface area (Å²) < 4.78 is 16.0. The van der Waals surface area contributed by atoms with Gasteiger partial charge in [-0.15, -0.1) is 0 Å². The molecule has 1 aromatic rings. The van der Waals surface area contributed by atoms with Gasteiger partial charge in [0, 0.05) is 13.8 Å². The van der Waals surface area contributed by atoms with Gasteiger partial charge in [-0.2, -0.15) is 0 Å². The second-order valence-electron chi connectivity index (χ2n) is 6.41. The summed E-state index contributed by atoms with van der Waals surface area (Å²) in [5.41, 5.74) is 2.53. The lowest BCUT2D eigenvalue weighted by atomic mass is 9.99. The first-order chi connectivity index (χ1) is 11.2. The van der Waals surface area contributed by atoms with E-state index in [0.29, 0.717) is 6.61 Å². The molecule has 0 N–H and O–H groups in total. The summed E-state index contributed by atoms with van der Waals surface area (Å²) >= 11 is 0. The molecule has 5 heteroatoms. The normalized spacial score (nSPS) is 16.5. The Morgan fingerprint density at radius 2 is 1.62 bits per heavy atom. The second-order valence-corrected chi connectivity index (χ2v) is 6.41. The van der Waals surface area contributed by atoms with Crippen molar-refractivity contribution in [3.63, 3.8) is 0 Å². The van der Waals surface area contributed by atoms with E-state index in [2.05, 4.69) is 6.92 Å². The summed E-state index contributed by atoms with van der Waals surface area (Å²) in [6, 6.07) is 3.80. The van der Waals surface area contributed by atoms with Crippen LogP contribution >= 0.6 is 0 Å². The molecule has 0 spiro atoms. The minimum atomic E-state index is -1.23. The van der Waals surface area contributed by atoms with E-state index in [0.717, 1.165) is 35.3 Å². The van der Waals surface area contributed by atoms with E-state index in [9.17, 15) is 9.59 Å². The second kappa shape index (κ2) is 7.07. The van der Waals surface area contributed by atoms with Gasteiger partial charge >= 0.3 is 11.9 Å². The van der Waals surface area contributed by atoms with Crippen molar-refractivity contribution in [1.29, 1.82) is 0 Å². The molecule has 1 heterocycles. The van der Waals surface area contributed by atoms with Crippen LogP contribution in [0.25, 0.3) is 6.08 Å². The van der Waals surface area contributed by atoms with Gasteiger partial charge in [0.05, 0.1) is 6.61 Å². The van der Waals surface area contributed by atoms with Gasteiger partial charge in [0.2, 0.25) is 0 Å². The first-order valence-corrected chi connectivity index (χ1v) is 8.16. The highest BCUT2D eigenvalue weighted by atomic mass is 16.7. The lowest BCUT2D eigenvalue weighted by Gasteiger charge is -2.29. The summed E-state index contributed by atoms with van der Waals surface area (Å²) in [7, 11) is 0. The van der Waals surface area contributed by atoms with Gasteiger partial charge in [0.15, 0.2) is 0 Å². The Morgan fingerprint density at radius 3 is 2.12 bits per heavy atom. The van der Waals surface area contributed by atoms with Crippen LogP contribution in [0.15, 0.2) is 17.7 Å². The molecule has 5 nitrogen and oxygen atoms in total. The summed E-state index contributed by atoms with van der Waals surface area (Å²) in [5, 5.41) is 0. The van der Waals surface area contributed by atoms with Crippen LogP contribution in [0.1, 0.15) is 50.3 Å². The zero-order chi connectivity index (χ0) is 17.9. The maximum Gasteiger partial charge on any atom is 0.348 e. The Morgan fingerprint density at radius 1 is 1.08 bits per heavy atom. The Kier molecular flexibility index (Phi) is 5.32. The Labute approximate surface area is 142 Å². The predicted octanol–water partition coefficient (Wildman–Crippen LogP) is 3.70. The maximum atomic E-state index is 12.1. The van der Waals surface area contributed by atoms with Crippen LogP contribution in [0.5, 0.6) is 5.75 Å². The molecule has 0 amide bonds. The summed E-state index contributed by atoms with van der Waals surface area (Å²) in [6.45, 7) is 9.66. The molecule has 0 atom stereocenters. The number of hydrogen-bond donors (Lipinski definition) is 0. The molecule has 0 aliphatic carbocycles. The molecule has 1 fully saturated rings. The van der Waals surface area contributed by atoms with E-state index in [4.69, 9.17) is 14.2 Å². The van der Waals surface area contributed by atoms with E-state index in [1.54, 1.807) is 0 Å². The van der Waals surface area contributed by atoms with Crippen molar-refractivity contribution >= 4 is 18.0 Å². The fraction of sp³-hybridized carbons (Fsp3) is 0.474. The van der Waals surface area contributed by atoms with Gasteiger partial charge < -0.3 is 14.2 Å². The fourth-order valence-corrected chi connectivity index (χ4v) is 2.50. The molecular formula is C19H24O5. The number of ether oxygens (including phenoxy) is 3. The number of benzene rings is 1. The van der Waals surface area contributed by atoms with Crippen LogP contribution in [0.4, 0.5) is 0 Å². The molecule has 1 saturated heterocycles. The fourth-order valence-electron chi connectivity index (χ4n) is 2.50. The quantitative estimate of drug-likeness (QED) is 0.356. The summed E-state index contributed by atoms with van der Waals surface area (Å²) in [6.07, 6.45) is 3.60. The highest BCUT2D eigenvalue weighted by Gasteiger charge is 2.38. The molecule has 0 radical (unpaired) electrons. The van der Waals surface area contributed by atoms with Crippen molar-refractivity contribution in [3.8, 4) is 5.75 Å². The average Bonchev–Trinajstić information content (AvgIpc) is 2.44. The van der Waals surface area contributed by atoms with Gasteiger partial charge in [-0.3, -0.25) is 0 Å². The number of hydrogen-bond acceptors (Lipinski definition) is 5. The molecule has 0 saturated carbocycles. The molecule has 130 valence electrons. The van der Waals surface area contributed by atoms with Gasteiger partial charge in [0.1, 0.15) is 11.3 Å². The highest BCUT2D eigenvalue weighted by molar-refractivity contribution is 6.19. The van der Waals surface area contributed by atoms with Crippen LogP contribution in [-0.2, 0) is 19.1 Å². The largest absolute Gasteiger partial charge is 0.494 e. The lowest BCUT2D eigenvalue weighted by molar-refractivity contribution is -0.222. The van der Waals surface area contributed by atoms with E-state index in [1.807, 2.05) is 26.0 Å². The van der Waals surface area contributed by atoms with Crippen molar-refractivity contribution in [2.75, 3.05) is 6.61 Å². The van der Waals surface area contributed by atoms with E-state index < -0.39 is 17.7 Å². The third-order valence-corrected chi connectivity index (χ3v) is 3.74. The Balaban J connectivity index is 2.29. The number of esters is 2. The van der Waals surface area contributed by atoms with Gasteiger partial charge in [-0.25, -0.2) is 9.59 Å². The number of carbonyl (C=O) groups is 2. The molecular weight excluding hydrogens is 308 g/mol. The predicted molar refractivity (Wildman–Crippen MR) is 90.6 cm³/mol. The molecule has 1 aliphatic heterocycles. The van der Waals surface area contributed by atoms with Crippen LogP contribution in [0.3, 0.4) is 0 Å². The standard InChI is InChI=1S/C19H24O5/c1-6-7-8-22-14-9-12(2)15(13(3)10-14)11-16-17(20)23-19(4,5)24-18(16)21/h9-11H,6-8H2,1-5H3. The zero-order valence-corrected chi connectivity index (χ0v) is 14.9. The van der Waals surface area contributed by atoms with Crippen molar-refractivity contribution in [2.45, 2.75) is 53.2 Å². The van der Waals surface area contributed by atoms with Crippen molar-refractivity contribution < 1.29 is 23.8 Å². The first-order valence-electron chi connectivity index (χ1n) is 8.16. The molecule has 24 heavy (non-hydrogen) atoms. The lowest BCUT2D eigenvalue weighted by Crippen LogP contribution is -2.41. The van der Waals surface area contributed by atoms with E-state index in [-0.39, 0.29) is 5.57 Å². The summed E-state index contributed by atoms with van der Waals surface area (Å²) in [5.74, 6) is -1.78. The Hall–Kier alpha value is -2.30. The topological polar surface area (TPSA) is 61.8 Å². The maximum absolute atomic E-state index is 12.1. The van der Waals surface area contributed by atoms with Gasteiger partial charge in [0.25, 0.3) is 5.79 Å². The molecule has 1 aliphatic rings. The smallest absolute Gasteiger partial charge is 0.348 e. The molecule has 2 rings (SSSR count). The number of unbranched alkanes of at least 4 members (excludes halogenated alkanes) is 1. The third-order valence-electron chi connectivity index (χ3n) is 3.74. The van der Waals surface area contributed by atoms with Crippen molar-refractivity contribution in [1.82, 2.24) is 0 Å². The highest BCUT2D eigenvalue weighted by Crippen LogP contribution is 2.28. The van der Waals surface area contributed by atoms with Crippen LogP contribution in [-0.4, -0.2) is 24.3 Å². The van der Waals surface area contributed by atoms with Crippen LogP contribution < -0.4 is 4.74 Å². The minimum Gasteiger partial charge on any atom is -0.494 e. The third kappa shape index (κ3) is 4.16. The van der Waals surface area contributed by atoms with Crippen molar-refractivity contribution in [2.24, 2.45) is 0 Å². The monoisotopic (exact) mass is 332 g/mol. The number of carbonyl (C=O) groups excluding carboxylic acids is 2. The number of aryl methyl sites for hydroxylation is 2. The number of rotatable bonds is 5. The molecule has 0 aromatic heterocycles. The summed E-state index contributed by atoms with van der Waals surface area (Å²) in [4.78, 5) is 24.1. The van der Waals surface area contributed by atoms with Crippen LogP contribution in [0.2, 0.25) is 0 Å². The van der Waals surface area contributed by atoms with Crippen LogP contribution in [0, 0.1) is 13.8 Å². The van der Waals surface area contributed by atoms with Crippen molar-refractivity contribution in [3.05, 3.63) is 34.4 Å². The molecule has 0 unspecified atom stereocenters. The van der Waals surface area contributed by atoms with Gasteiger partial charge in [-0.05, 0) is 55.2 Å².